The number of halogens is 2. The van der Waals surface area contributed by atoms with Crippen molar-refractivity contribution in [2.24, 2.45) is 0 Å². The quantitative estimate of drug-likeness (QED) is 0.527. The van der Waals surface area contributed by atoms with E-state index in [-0.39, 0.29) is 0 Å². The highest BCUT2D eigenvalue weighted by Crippen LogP contribution is 2.19. The van der Waals surface area contributed by atoms with Gasteiger partial charge in [-0.15, -0.1) is 0 Å². The number of anilines is 1. The van der Waals surface area contributed by atoms with Crippen LogP contribution in [-0.2, 0) is 0 Å². The molecule has 1 nitrogen and oxygen atoms in total. The second kappa shape index (κ2) is 9.73. The predicted octanol–water partition coefficient (Wildman–Crippen LogP) is 5.91. The minimum Gasteiger partial charge on any atom is -0.382 e. The molecular formula is C17H27F2N. The molecule has 0 aliphatic rings. The first-order valence-corrected chi connectivity index (χ1v) is 7.88. The van der Waals surface area contributed by atoms with Crippen molar-refractivity contribution in [1.82, 2.24) is 0 Å². The highest BCUT2D eigenvalue weighted by Gasteiger charge is 2.09. The Kier molecular flexibility index (Phi) is 8.24. The molecule has 20 heavy (non-hydrogen) atoms. The molecule has 114 valence electrons. The topological polar surface area (TPSA) is 12.0 Å². The van der Waals surface area contributed by atoms with Crippen LogP contribution in [-0.4, -0.2) is 6.04 Å². The molecule has 0 radical (unpaired) electrons. The van der Waals surface area contributed by atoms with E-state index in [9.17, 15) is 8.78 Å². The van der Waals surface area contributed by atoms with Gasteiger partial charge in [-0.2, -0.15) is 0 Å². The first-order valence-electron chi connectivity index (χ1n) is 7.88. The SMILES string of the molecule is CCCCCC(CCCCC)Nc1cc(F)cc(F)c1. The van der Waals surface area contributed by atoms with E-state index in [1.807, 2.05) is 0 Å². The number of nitrogens with one attached hydrogen (secondary N) is 1. The zero-order valence-corrected chi connectivity index (χ0v) is 12.7. The zero-order chi connectivity index (χ0) is 14.8. The van der Waals surface area contributed by atoms with Crippen LogP contribution in [0.25, 0.3) is 0 Å². The number of benzene rings is 1. The molecule has 0 aromatic heterocycles. The van der Waals surface area contributed by atoms with Crippen molar-refractivity contribution in [2.75, 3.05) is 5.32 Å². The Morgan fingerprint density at radius 3 is 1.80 bits per heavy atom. The molecule has 1 N–H and O–H groups in total. The van der Waals surface area contributed by atoms with Crippen molar-refractivity contribution in [3.63, 3.8) is 0 Å². The molecule has 1 rings (SSSR count). The van der Waals surface area contributed by atoms with Gasteiger partial charge in [0.25, 0.3) is 0 Å². The van der Waals surface area contributed by atoms with Gasteiger partial charge in [-0.3, -0.25) is 0 Å². The fourth-order valence-corrected chi connectivity index (χ4v) is 2.44. The lowest BCUT2D eigenvalue weighted by molar-refractivity contribution is 0.525. The van der Waals surface area contributed by atoms with E-state index >= 15 is 0 Å². The third-order valence-corrected chi connectivity index (χ3v) is 3.55. The smallest absolute Gasteiger partial charge is 0.128 e. The second-order valence-electron chi connectivity index (χ2n) is 5.49. The summed E-state index contributed by atoms with van der Waals surface area (Å²) in [5, 5.41) is 3.30. The average molecular weight is 283 g/mol. The first kappa shape index (κ1) is 16.9. The second-order valence-corrected chi connectivity index (χ2v) is 5.49. The first-order chi connectivity index (χ1) is 9.65. The van der Waals surface area contributed by atoms with Gasteiger partial charge in [0.1, 0.15) is 11.6 Å². The van der Waals surface area contributed by atoms with Gasteiger partial charge in [-0.05, 0) is 25.0 Å². The van der Waals surface area contributed by atoms with Crippen molar-refractivity contribution in [3.8, 4) is 0 Å². The molecule has 0 saturated carbocycles. The lowest BCUT2D eigenvalue weighted by atomic mass is 10.0. The molecule has 0 amide bonds. The van der Waals surface area contributed by atoms with E-state index in [1.54, 1.807) is 0 Å². The Morgan fingerprint density at radius 2 is 1.35 bits per heavy atom. The van der Waals surface area contributed by atoms with Crippen LogP contribution in [0.2, 0.25) is 0 Å². The van der Waals surface area contributed by atoms with Crippen LogP contribution in [0.1, 0.15) is 65.2 Å². The minimum atomic E-state index is -0.520. The average Bonchev–Trinajstić information content (AvgIpc) is 2.38. The minimum absolute atomic E-state index is 0.314. The van der Waals surface area contributed by atoms with Crippen LogP contribution >= 0.6 is 0 Å². The van der Waals surface area contributed by atoms with Crippen LogP contribution in [0.4, 0.5) is 14.5 Å². The van der Waals surface area contributed by atoms with Crippen LogP contribution in [0.5, 0.6) is 0 Å². The van der Waals surface area contributed by atoms with Gasteiger partial charge in [-0.25, -0.2) is 8.78 Å². The highest BCUT2D eigenvalue weighted by molar-refractivity contribution is 5.44. The standard InChI is InChI=1S/C17H27F2N/c1-3-5-7-9-16(10-8-6-4-2)20-17-12-14(18)11-15(19)13-17/h11-13,16,20H,3-10H2,1-2H3. The van der Waals surface area contributed by atoms with Crippen LogP contribution in [0.3, 0.4) is 0 Å². The molecule has 0 unspecified atom stereocenters. The monoisotopic (exact) mass is 283 g/mol. The fourth-order valence-electron chi connectivity index (χ4n) is 2.44. The van der Waals surface area contributed by atoms with E-state index in [0.29, 0.717) is 11.7 Å². The van der Waals surface area contributed by atoms with Gasteiger partial charge in [0.2, 0.25) is 0 Å². The number of unbranched alkanes of at least 4 members (excludes halogenated alkanes) is 4. The van der Waals surface area contributed by atoms with Crippen LogP contribution in [0, 0.1) is 11.6 Å². The van der Waals surface area contributed by atoms with Gasteiger partial charge < -0.3 is 5.32 Å². The molecule has 3 heteroatoms. The summed E-state index contributed by atoms with van der Waals surface area (Å²) >= 11 is 0. The lowest BCUT2D eigenvalue weighted by Crippen LogP contribution is -2.19. The van der Waals surface area contributed by atoms with Gasteiger partial charge in [0.05, 0.1) is 0 Å². The van der Waals surface area contributed by atoms with Crippen molar-refractivity contribution in [1.29, 1.82) is 0 Å². The molecule has 0 aliphatic heterocycles. The van der Waals surface area contributed by atoms with E-state index in [2.05, 4.69) is 19.2 Å². The molecule has 0 spiro atoms. The van der Waals surface area contributed by atoms with Crippen molar-refractivity contribution >= 4 is 5.69 Å². The summed E-state index contributed by atoms with van der Waals surface area (Å²) in [6.07, 6.45) is 9.26. The largest absolute Gasteiger partial charge is 0.382 e. The van der Waals surface area contributed by atoms with E-state index in [4.69, 9.17) is 0 Å². The van der Waals surface area contributed by atoms with Crippen LogP contribution < -0.4 is 5.32 Å². The maximum Gasteiger partial charge on any atom is 0.128 e. The van der Waals surface area contributed by atoms with Gasteiger partial charge in [-0.1, -0.05) is 52.4 Å². The molecular weight excluding hydrogens is 256 g/mol. The third kappa shape index (κ3) is 6.88. The number of hydrogen-bond acceptors (Lipinski definition) is 1. The Bertz CT molecular complexity index is 349. The van der Waals surface area contributed by atoms with Crippen LogP contribution in [0.15, 0.2) is 18.2 Å². The third-order valence-electron chi connectivity index (χ3n) is 3.55. The maximum atomic E-state index is 13.2. The number of hydrogen-bond donors (Lipinski definition) is 1. The Hall–Kier alpha value is -1.12. The maximum absolute atomic E-state index is 13.2. The van der Waals surface area contributed by atoms with Gasteiger partial charge in [0, 0.05) is 17.8 Å². The van der Waals surface area contributed by atoms with E-state index < -0.39 is 11.6 Å². The summed E-state index contributed by atoms with van der Waals surface area (Å²) in [5.74, 6) is -1.04. The fraction of sp³-hybridized carbons (Fsp3) is 0.647. The molecule has 1 aromatic carbocycles. The van der Waals surface area contributed by atoms with Gasteiger partial charge in [0.15, 0.2) is 0 Å². The molecule has 0 bridgehead atoms. The molecule has 0 atom stereocenters. The molecule has 0 heterocycles. The highest BCUT2D eigenvalue weighted by atomic mass is 19.1. The molecule has 0 aliphatic carbocycles. The molecule has 0 saturated heterocycles. The number of rotatable bonds is 10. The van der Waals surface area contributed by atoms with E-state index in [1.165, 1.54) is 37.8 Å². The summed E-state index contributed by atoms with van der Waals surface area (Å²) in [7, 11) is 0. The Morgan fingerprint density at radius 1 is 0.850 bits per heavy atom. The van der Waals surface area contributed by atoms with Crippen molar-refractivity contribution < 1.29 is 8.78 Å². The normalized spacial score (nSPS) is 11.1. The van der Waals surface area contributed by atoms with Crippen molar-refractivity contribution in [2.45, 2.75) is 71.3 Å². The zero-order valence-electron chi connectivity index (χ0n) is 12.7. The lowest BCUT2D eigenvalue weighted by Gasteiger charge is -2.20. The van der Waals surface area contributed by atoms with Gasteiger partial charge >= 0.3 is 0 Å². The summed E-state index contributed by atoms with van der Waals surface area (Å²) < 4.78 is 26.4. The predicted molar refractivity (Wildman–Crippen MR) is 82.1 cm³/mol. The summed E-state index contributed by atoms with van der Waals surface area (Å²) in [4.78, 5) is 0. The van der Waals surface area contributed by atoms with E-state index in [0.717, 1.165) is 31.7 Å². The Balaban J connectivity index is 2.56. The summed E-state index contributed by atoms with van der Waals surface area (Å²) in [6.45, 7) is 4.36. The molecule has 0 fully saturated rings. The molecule has 1 aromatic rings. The summed E-state index contributed by atoms with van der Waals surface area (Å²) in [6, 6.07) is 3.97. The van der Waals surface area contributed by atoms with Crippen molar-refractivity contribution in [3.05, 3.63) is 29.8 Å². The Labute approximate surface area is 121 Å². The summed E-state index contributed by atoms with van der Waals surface area (Å²) in [5.41, 5.74) is 0.556.